The predicted octanol–water partition coefficient (Wildman–Crippen LogP) is 3.27. The molecule has 1 aromatic rings. The lowest BCUT2D eigenvalue weighted by molar-refractivity contribution is 0.101. The molecule has 3 heterocycles. The first kappa shape index (κ1) is 18.7. The first-order valence-electron chi connectivity index (χ1n) is 9.64. The average molecular weight is 443 g/mol. The fraction of sp³-hybridized carbons (Fsp3) is 0.684. The van der Waals surface area contributed by atoms with Crippen molar-refractivity contribution in [3.05, 3.63) is 22.2 Å². The molecule has 0 aliphatic carbocycles. The van der Waals surface area contributed by atoms with Crippen LogP contribution in [0.25, 0.3) is 0 Å². The van der Waals surface area contributed by atoms with Gasteiger partial charge in [-0.3, -0.25) is 0 Å². The van der Waals surface area contributed by atoms with Gasteiger partial charge in [-0.05, 0) is 56.8 Å². The Labute approximate surface area is 164 Å². The number of nitrogens with zero attached hydrogens (tertiary/aromatic N) is 2. The number of halogens is 1. The first-order valence-corrected chi connectivity index (χ1v) is 11.9. The molecular weight excluding hydrogens is 416 g/mol. The molecule has 0 unspecified atom stereocenters. The quantitative estimate of drug-likeness (QED) is 0.720. The Kier molecular flexibility index (Phi) is 5.34. The molecule has 0 spiro atoms. The van der Waals surface area contributed by atoms with Crippen LogP contribution in [0.2, 0.25) is 0 Å². The topological polar surface area (TPSA) is 49.9 Å². The van der Waals surface area contributed by atoms with E-state index in [1.807, 2.05) is 6.07 Å². The summed E-state index contributed by atoms with van der Waals surface area (Å²) in [6.45, 7) is 6.40. The van der Waals surface area contributed by atoms with Crippen LogP contribution in [0.5, 0.6) is 5.75 Å². The van der Waals surface area contributed by atoms with E-state index < -0.39 is 10.0 Å². The number of rotatable bonds is 3. The largest absolute Gasteiger partial charge is 0.492 e. The van der Waals surface area contributed by atoms with Crippen LogP contribution in [0, 0.1) is 5.92 Å². The number of hydrogen-bond acceptors (Lipinski definition) is 4. The zero-order valence-corrected chi connectivity index (χ0v) is 17.7. The van der Waals surface area contributed by atoms with Gasteiger partial charge in [0.25, 0.3) is 0 Å². The normalized spacial score (nSPS) is 23.8. The Morgan fingerprint density at radius 1 is 1.08 bits per heavy atom. The van der Waals surface area contributed by atoms with Crippen LogP contribution in [0.3, 0.4) is 0 Å². The highest BCUT2D eigenvalue weighted by Crippen LogP contribution is 2.38. The Balaban J connectivity index is 1.47. The van der Waals surface area contributed by atoms with E-state index in [0.29, 0.717) is 36.4 Å². The lowest BCUT2D eigenvalue weighted by atomic mass is 9.95. The molecule has 26 heavy (non-hydrogen) atoms. The van der Waals surface area contributed by atoms with Crippen LogP contribution in [0.1, 0.15) is 38.2 Å². The molecule has 0 bridgehead atoms. The van der Waals surface area contributed by atoms with Crippen molar-refractivity contribution in [2.24, 2.45) is 5.92 Å². The summed E-state index contributed by atoms with van der Waals surface area (Å²) in [5.41, 5.74) is 0.982. The number of sulfonamides is 1. The van der Waals surface area contributed by atoms with Gasteiger partial charge in [-0.1, -0.05) is 22.9 Å². The van der Waals surface area contributed by atoms with Crippen LogP contribution in [-0.4, -0.2) is 56.5 Å². The van der Waals surface area contributed by atoms with E-state index in [9.17, 15) is 8.42 Å². The van der Waals surface area contributed by atoms with Crippen molar-refractivity contribution >= 4 is 26.0 Å². The number of piperidine rings is 2. The van der Waals surface area contributed by atoms with Crippen LogP contribution in [-0.2, 0) is 16.4 Å². The molecule has 2 fully saturated rings. The number of benzene rings is 1. The van der Waals surface area contributed by atoms with Crippen molar-refractivity contribution < 1.29 is 13.2 Å². The standard InChI is InChI=1S/C19H27BrN2O3S/c1-14-2-7-21(8-3-14)17-4-9-22(10-5-17)26(23,24)18-13-16(20)12-15-6-11-25-19(15)18/h12-14,17H,2-11H2,1H3. The molecule has 0 atom stereocenters. The van der Waals surface area contributed by atoms with Crippen LogP contribution in [0.4, 0.5) is 0 Å². The molecule has 0 radical (unpaired) electrons. The maximum absolute atomic E-state index is 13.2. The highest BCUT2D eigenvalue weighted by atomic mass is 79.9. The lowest BCUT2D eigenvalue weighted by Crippen LogP contribution is -2.48. The van der Waals surface area contributed by atoms with Crippen molar-refractivity contribution in [2.45, 2.75) is 50.0 Å². The van der Waals surface area contributed by atoms with Crippen LogP contribution in [0.15, 0.2) is 21.5 Å². The van der Waals surface area contributed by atoms with E-state index in [0.717, 1.165) is 48.3 Å². The van der Waals surface area contributed by atoms with Gasteiger partial charge in [-0.15, -0.1) is 0 Å². The molecule has 3 aliphatic rings. The Bertz CT molecular complexity index is 767. The number of ether oxygens (including phenoxy) is 1. The molecule has 4 rings (SSSR count). The van der Waals surface area contributed by atoms with Crippen molar-refractivity contribution in [3.8, 4) is 5.75 Å². The summed E-state index contributed by atoms with van der Waals surface area (Å²) < 4.78 is 34.6. The maximum atomic E-state index is 13.2. The Morgan fingerprint density at radius 3 is 2.46 bits per heavy atom. The van der Waals surface area contributed by atoms with E-state index in [4.69, 9.17) is 4.74 Å². The molecule has 0 amide bonds. The third-order valence-electron chi connectivity index (χ3n) is 6.09. The summed E-state index contributed by atoms with van der Waals surface area (Å²) in [4.78, 5) is 2.90. The van der Waals surface area contributed by atoms with Gasteiger partial charge in [-0.2, -0.15) is 4.31 Å². The SMILES string of the molecule is CC1CCN(C2CCN(S(=O)(=O)c3cc(Br)cc4c3OCC4)CC2)CC1. The monoisotopic (exact) mass is 442 g/mol. The molecule has 7 heteroatoms. The summed E-state index contributed by atoms with van der Waals surface area (Å²) in [6, 6.07) is 4.18. The summed E-state index contributed by atoms with van der Waals surface area (Å²) in [6.07, 6.45) is 5.14. The van der Waals surface area contributed by atoms with Crippen LogP contribution < -0.4 is 4.74 Å². The molecule has 0 N–H and O–H groups in total. The van der Waals surface area contributed by atoms with Crippen molar-refractivity contribution in [2.75, 3.05) is 32.8 Å². The van der Waals surface area contributed by atoms with Gasteiger partial charge < -0.3 is 9.64 Å². The Hall–Kier alpha value is -0.630. The molecule has 0 saturated carbocycles. The molecule has 5 nitrogen and oxygen atoms in total. The second kappa shape index (κ2) is 7.41. The van der Waals surface area contributed by atoms with Crippen molar-refractivity contribution in [1.82, 2.24) is 9.21 Å². The van der Waals surface area contributed by atoms with Crippen molar-refractivity contribution in [3.63, 3.8) is 0 Å². The zero-order chi connectivity index (χ0) is 18.3. The van der Waals surface area contributed by atoms with Gasteiger partial charge in [-0.25, -0.2) is 8.42 Å². The summed E-state index contributed by atoms with van der Waals surface area (Å²) in [5, 5.41) is 0. The van der Waals surface area contributed by atoms with Gasteiger partial charge in [0.15, 0.2) is 0 Å². The van der Waals surface area contributed by atoms with Gasteiger partial charge >= 0.3 is 0 Å². The first-order chi connectivity index (χ1) is 12.4. The van der Waals surface area contributed by atoms with Crippen LogP contribution >= 0.6 is 15.9 Å². The van der Waals surface area contributed by atoms with Gasteiger partial charge in [0.05, 0.1) is 6.61 Å². The van der Waals surface area contributed by atoms with Crippen molar-refractivity contribution in [1.29, 1.82) is 0 Å². The van der Waals surface area contributed by atoms with Gasteiger partial charge in [0.1, 0.15) is 10.6 Å². The van der Waals surface area contributed by atoms with E-state index >= 15 is 0 Å². The smallest absolute Gasteiger partial charge is 0.246 e. The van der Waals surface area contributed by atoms with E-state index in [1.54, 1.807) is 10.4 Å². The number of fused-ring (bicyclic) bond motifs is 1. The summed E-state index contributed by atoms with van der Waals surface area (Å²) >= 11 is 3.45. The number of hydrogen-bond donors (Lipinski definition) is 0. The lowest BCUT2D eigenvalue weighted by Gasteiger charge is -2.41. The Morgan fingerprint density at radius 2 is 1.77 bits per heavy atom. The summed E-state index contributed by atoms with van der Waals surface area (Å²) in [5.74, 6) is 1.38. The summed E-state index contributed by atoms with van der Waals surface area (Å²) in [7, 11) is -3.51. The van der Waals surface area contributed by atoms with Gasteiger partial charge in [0.2, 0.25) is 10.0 Å². The fourth-order valence-electron chi connectivity index (χ4n) is 4.41. The zero-order valence-electron chi connectivity index (χ0n) is 15.3. The fourth-order valence-corrected chi connectivity index (χ4v) is 6.73. The second-order valence-corrected chi connectivity index (χ2v) is 10.7. The minimum absolute atomic E-state index is 0.324. The average Bonchev–Trinajstić information content (AvgIpc) is 3.10. The molecule has 0 aromatic heterocycles. The van der Waals surface area contributed by atoms with Gasteiger partial charge in [0, 0.05) is 35.6 Å². The minimum Gasteiger partial charge on any atom is -0.492 e. The molecule has 144 valence electrons. The second-order valence-electron chi connectivity index (χ2n) is 7.84. The molecule has 3 aliphatic heterocycles. The predicted molar refractivity (Wildman–Crippen MR) is 105 cm³/mol. The maximum Gasteiger partial charge on any atom is 0.246 e. The van der Waals surface area contributed by atoms with E-state index in [2.05, 4.69) is 27.8 Å². The molecule has 1 aromatic carbocycles. The molecular formula is C19H27BrN2O3S. The highest BCUT2D eigenvalue weighted by Gasteiger charge is 2.35. The van der Waals surface area contributed by atoms with E-state index in [1.165, 1.54) is 12.8 Å². The minimum atomic E-state index is -3.51. The third kappa shape index (κ3) is 3.55. The van der Waals surface area contributed by atoms with E-state index in [-0.39, 0.29) is 0 Å². The highest BCUT2D eigenvalue weighted by molar-refractivity contribution is 9.10. The molecule has 2 saturated heterocycles. The number of likely N-dealkylation sites (tertiary alicyclic amines) is 1. The third-order valence-corrected chi connectivity index (χ3v) is 8.45.